The Labute approximate surface area is 135 Å². The summed E-state index contributed by atoms with van der Waals surface area (Å²) in [5.41, 5.74) is 10.8. The lowest BCUT2D eigenvalue weighted by molar-refractivity contribution is -0.134. The number of ether oxygens (including phenoxy) is 2. The van der Waals surface area contributed by atoms with Crippen molar-refractivity contribution >= 4 is 17.9 Å². The average molecular weight is 321 g/mol. The molecule has 0 spiro atoms. The number of nitrogens with two attached hydrogens (primary N) is 2. The summed E-state index contributed by atoms with van der Waals surface area (Å²) in [5, 5.41) is 0. The summed E-state index contributed by atoms with van der Waals surface area (Å²) in [6, 6.07) is 6.37. The molecule has 0 aliphatic carbocycles. The van der Waals surface area contributed by atoms with E-state index in [9.17, 15) is 9.59 Å². The molecule has 0 aliphatic rings. The van der Waals surface area contributed by atoms with Gasteiger partial charge in [0.1, 0.15) is 5.75 Å². The van der Waals surface area contributed by atoms with Gasteiger partial charge in [-0.2, -0.15) is 0 Å². The molecule has 7 heteroatoms. The summed E-state index contributed by atoms with van der Waals surface area (Å²) in [4.78, 5) is 27.2. The molecule has 0 saturated carbocycles. The van der Waals surface area contributed by atoms with Gasteiger partial charge >= 0.3 is 11.9 Å². The van der Waals surface area contributed by atoms with Crippen molar-refractivity contribution in [3.63, 3.8) is 0 Å². The normalized spacial score (nSPS) is 9.96. The lowest BCUT2D eigenvalue weighted by Crippen LogP contribution is -2.22. The summed E-state index contributed by atoms with van der Waals surface area (Å²) in [6.07, 6.45) is 2.63. The van der Waals surface area contributed by atoms with Gasteiger partial charge in [-0.15, -0.1) is 0 Å². The maximum atomic E-state index is 11.8. The van der Waals surface area contributed by atoms with Gasteiger partial charge in [0.15, 0.2) is 5.96 Å². The minimum atomic E-state index is -0.440. The first-order chi connectivity index (χ1) is 11.0. The number of rotatable bonds is 9. The van der Waals surface area contributed by atoms with Crippen molar-refractivity contribution in [2.24, 2.45) is 16.5 Å². The molecule has 0 saturated heterocycles. The quantitative estimate of drug-likeness (QED) is 0.234. The van der Waals surface area contributed by atoms with Gasteiger partial charge in [-0.25, -0.2) is 4.79 Å². The molecular weight excluding hydrogens is 298 g/mol. The minimum absolute atomic E-state index is 0.0749. The van der Waals surface area contributed by atoms with Crippen LogP contribution in [-0.4, -0.2) is 31.0 Å². The Hall–Kier alpha value is -2.57. The number of hydrogen-bond acceptors (Lipinski definition) is 5. The second-order valence-corrected chi connectivity index (χ2v) is 4.84. The molecule has 1 aromatic rings. The van der Waals surface area contributed by atoms with Crippen LogP contribution in [0.5, 0.6) is 5.75 Å². The van der Waals surface area contributed by atoms with E-state index < -0.39 is 5.97 Å². The highest BCUT2D eigenvalue weighted by molar-refractivity contribution is 5.90. The average Bonchev–Trinajstić information content (AvgIpc) is 2.51. The van der Waals surface area contributed by atoms with Crippen LogP contribution >= 0.6 is 0 Å². The second kappa shape index (κ2) is 10.2. The summed E-state index contributed by atoms with van der Waals surface area (Å²) in [6.45, 7) is 2.58. The second-order valence-electron chi connectivity index (χ2n) is 4.84. The summed E-state index contributed by atoms with van der Waals surface area (Å²) >= 11 is 0. The van der Waals surface area contributed by atoms with Crippen LogP contribution in [0.1, 0.15) is 43.0 Å². The molecular formula is C16H23N3O4. The van der Waals surface area contributed by atoms with Crippen LogP contribution in [0.3, 0.4) is 0 Å². The van der Waals surface area contributed by atoms with Gasteiger partial charge in [0.05, 0.1) is 12.2 Å². The van der Waals surface area contributed by atoms with Crippen molar-refractivity contribution in [1.29, 1.82) is 0 Å². The molecule has 1 aromatic carbocycles. The Morgan fingerprint density at radius 3 is 2.65 bits per heavy atom. The third-order valence-electron chi connectivity index (χ3n) is 2.91. The lowest BCUT2D eigenvalue weighted by Gasteiger charge is -2.06. The molecule has 0 aromatic heterocycles. The molecule has 4 N–H and O–H groups in total. The van der Waals surface area contributed by atoms with E-state index >= 15 is 0 Å². The van der Waals surface area contributed by atoms with E-state index in [1.165, 1.54) is 6.07 Å². The largest absolute Gasteiger partial charge is 0.462 e. The van der Waals surface area contributed by atoms with Gasteiger partial charge in [-0.1, -0.05) is 12.5 Å². The fraction of sp³-hybridized carbons (Fsp3) is 0.438. The van der Waals surface area contributed by atoms with E-state index in [0.717, 1.165) is 12.8 Å². The van der Waals surface area contributed by atoms with Gasteiger partial charge in [-0.05, 0) is 38.0 Å². The Morgan fingerprint density at radius 2 is 1.96 bits per heavy atom. The molecule has 0 fully saturated rings. The van der Waals surface area contributed by atoms with Crippen LogP contribution in [0.25, 0.3) is 0 Å². The first-order valence-electron chi connectivity index (χ1n) is 7.56. The van der Waals surface area contributed by atoms with Crippen molar-refractivity contribution in [1.82, 2.24) is 0 Å². The van der Waals surface area contributed by atoms with Crippen LogP contribution in [0, 0.1) is 0 Å². The highest BCUT2D eigenvalue weighted by atomic mass is 16.5. The van der Waals surface area contributed by atoms with Crippen LogP contribution in [0.4, 0.5) is 0 Å². The molecule has 0 heterocycles. The van der Waals surface area contributed by atoms with Crippen molar-refractivity contribution in [3.8, 4) is 5.75 Å². The highest BCUT2D eigenvalue weighted by Gasteiger charge is 2.09. The van der Waals surface area contributed by atoms with E-state index in [2.05, 4.69) is 4.99 Å². The van der Waals surface area contributed by atoms with Gasteiger partial charge in [0.2, 0.25) is 0 Å². The number of aliphatic imine (C=N–C) groups is 1. The number of esters is 2. The molecule has 0 aliphatic heterocycles. The molecule has 0 atom stereocenters. The van der Waals surface area contributed by atoms with Gasteiger partial charge in [0.25, 0.3) is 0 Å². The first kappa shape index (κ1) is 18.5. The summed E-state index contributed by atoms with van der Waals surface area (Å²) < 4.78 is 10.1. The van der Waals surface area contributed by atoms with Crippen LogP contribution in [-0.2, 0) is 9.53 Å². The van der Waals surface area contributed by atoms with Crippen LogP contribution < -0.4 is 16.2 Å². The zero-order valence-corrected chi connectivity index (χ0v) is 13.3. The first-order valence-corrected chi connectivity index (χ1v) is 7.56. The third-order valence-corrected chi connectivity index (χ3v) is 2.91. The molecule has 7 nitrogen and oxygen atoms in total. The maximum absolute atomic E-state index is 11.8. The molecule has 0 unspecified atom stereocenters. The zero-order valence-electron chi connectivity index (χ0n) is 13.3. The predicted molar refractivity (Wildman–Crippen MR) is 87.2 cm³/mol. The van der Waals surface area contributed by atoms with Crippen molar-refractivity contribution in [3.05, 3.63) is 29.8 Å². The number of unbranched alkanes of at least 4 members (excludes halogenated alkanes) is 2. The summed E-state index contributed by atoms with van der Waals surface area (Å²) in [5.74, 6) is -0.370. The van der Waals surface area contributed by atoms with Crippen molar-refractivity contribution in [2.75, 3.05) is 13.2 Å². The maximum Gasteiger partial charge on any atom is 0.338 e. The topological polar surface area (TPSA) is 117 Å². The molecule has 1 rings (SSSR count). The number of guanidine groups is 1. The monoisotopic (exact) mass is 321 g/mol. The molecule has 0 radical (unpaired) electrons. The fourth-order valence-corrected chi connectivity index (χ4v) is 1.85. The Morgan fingerprint density at radius 1 is 1.17 bits per heavy atom. The van der Waals surface area contributed by atoms with Crippen LogP contribution in [0.2, 0.25) is 0 Å². The minimum Gasteiger partial charge on any atom is -0.462 e. The number of carbonyl (C=O) groups is 2. The van der Waals surface area contributed by atoms with E-state index in [4.69, 9.17) is 20.9 Å². The van der Waals surface area contributed by atoms with E-state index in [1.807, 2.05) is 0 Å². The Bertz CT molecular complexity index is 554. The SMILES string of the molecule is CCOC(=O)c1cccc(OC(=O)CCCCCN=C(N)N)c1. The fourth-order valence-electron chi connectivity index (χ4n) is 1.85. The molecule has 23 heavy (non-hydrogen) atoms. The van der Waals surface area contributed by atoms with Crippen LogP contribution in [0.15, 0.2) is 29.3 Å². The van der Waals surface area contributed by atoms with E-state index in [1.54, 1.807) is 25.1 Å². The smallest absolute Gasteiger partial charge is 0.338 e. The Kier molecular flexibility index (Phi) is 8.20. The number of carbonyl (C=O) groups excluding carboxylic acids is 2. The van der Waals surface area contributed by atoms with Gasteiger partial charge in [0, 0.05) is 13.0 Å². The molecule has 0 amide bonds. The lowest BCUT2D eigenvalue weighted by atomic mass is 10.2. The Balaban J connectivity index is 2.35. The summed E-state index contributed by atoms with van der Waals surface area (Å²) in [7, 11) is 0. The van der Waals surface area contributed by atoms with Gasteiger partial charge < -0.3 is 20.9 Å². The van der Waals surface area contributed by atoms with E-state index in [-0.39, 0.29) is 11.9 Å². The number of nitrogens with zero attached hydrogens (tertiary/aromatic N) is 1. The van der Waals surface area contributed by atoms with Gasteiger partial charge in [-0.3, -0.25) is 9.79 Å². The standard InChI is InChI=1S/C16H23N3O4/c1-2-22-15(21)12-7-6-8-13(11-12)23-14(20)9-4-3-5-10-19-16(17)18/h6-8,11H,2-5,9-10H2,1H3,(H4,17,18,19). The number of benzene rings is 1. The molecule has 126 valence electrons. The predicted octanol–water partition coefficient (Wildman–Crippen LogP) is 1.60. The van der Waals surface area contributed by atoms with Crippen molar-refractivity contribution < 1.29 is 19.1 Å². The highest BCUT2D eigenvalue weighted by Crippen LogP contribution is 2.15. The third kappa shape index (κ3) is 7.85. The van der Waals surface area contributed by atoms with E-state index in [0.29, 0.717) is 37.3 Å². The molecule has 0 bridgehead atoms. The van der Waals surface area contributed by atoms with Crippen molar-refractivity contribution in [2.45, 2.75) is 32.6 Å². The zero-order chi connectivity index (χ0) is 17.1. The number of hydrogen-bond donors (Lipinski definition) is 2.